The first kappa shape index (κ1) is 15.0. The quantitative estimate of drug-likeness (QED) is 0.867. The minimum absolute atomic E-state index is 0.0513. The van der Waals surface area contributed by atoms with Crippen molar-refractivity contribution in [2.24, 2.45) is 0 Å². The molecule has 0 aliphatic rings. The number of nitrogens with one attached hydrogen (secondary N) is 1. The number of hydrogen-bond donors (Lipinski definition) is 1. The molecule has 0 spiro atoms. The average molecular weight is 315 g/mol. The Labute approximate surface area is 116 Å². The van der Waals surface area contributed by atoms with Gasteiger partial charge in [0, 0.05) is 14.1 Å². The smallest absolute Gasteiger partial charge is 0.244 e. The second-order valence-electron chi connectivity index (χ2n) is 4.81. The molecule has 0 unspecified atom stereocenters. The Balaban J connectivity index is 3.04. The summed E-state index contributed by atoms with van der Waals surface area (Å²) < 4.78 is 6.02. The van der Waals surface area contributed by atoms with Crippen LogP contribution in [-0.4, -0.2) is 32.1 Å². The fraction of sp³-hybridized carbons (Fsp3) is 0.462. The first-order valence-corrected chi connectivity index (χ1v) is 6.40. The summed E-state index contributed by atoms with van der Waals surface area (Å²) in [6.07, 6.45) is 0. The van der Waals surface area contributed by atoms with E-state index in [1.54, 1.807) is 26.2 Å². The Kier molecular flexibility index (Phi) is 4.76. The summed E-state index contributed by atoms with van der Waals surface area (Å²) >= 11 is 3.43. The lowest BCUT2D eigenvalue weighted by Crippen LogP contribution is -2.46. The average Bonchev–Trinajstić information content (AvgIpc) is 2.27. The predicted octanol–water partition coefficient (Wildman–Crippen LogP) is 2.33. The Hall–Kier alpha value is -1.07. The van der Waals surface area contributed by atoms with Crippen LogP contribution in [0.2, 0.25) is 0 Å². The number of hydrazine groups is 1. The van der Waals surface area contributed by atoms with E-state index in [0.29, 0.717) is 0 Å². The monoisotopic (exact) mass is 314 g/mol. The van der Waals surface area contributed by atoms with Gasteiger partial charge in [-0.1, -0.05) is 6.07 Å². The minimum atomic E-state index is -0.612. The van der Waals surface area contributed by atoms with Crippen LogP contribution in [0, 0.1) is 0 Å². The van der Waals surface area contributed by atoms with E-state index < -0.39 is 5.41 Å². The number of benzene rings is 1. The van der Waals surface area contributed by atoms with E-state index in [2.05, 4.69) is 21.4 Å². The summed E-state index contributed by atoms with van der Waals surface area (Å²) in [5.41, 5.74) is 3.09. The molecule has 0 saturated heterocycles. The van der Waals surface area contributed by atoms with E-state index in [1.807, 2.05) is 32.0 Å². The number of hydrogen-bond acceptors (Lipinski definition) is 3. The number of amides is 1. The number of carbonyl (C=O) groups excluding carboxylic acids is 1. The normalized spacial score (nSPS) is 11.5. The van der Waals surface area contributed by atoms with E-state index >= 15 is 0 Å². The standard InChI is InChI=1S/C13H19BrN2O2/c1-13(2,12(17)15-16(3)4)9-6-7-11(18-5)10(14)8-9/h6-8H,1-5H3,(H,15,17). The molecule has 0 fully saturated rings. The number of nitrogens with zero attached hydrogens (tertiary/aromatic N) is 1. The molecule has 0 radical (unpaired) electrons. The molecule has 0 aliphatic heterocycles. The highest BCUT2D eigenvalue weighted by Gasteiger charge is 2.30. The topological polar surface area (TPSA) is 41.6 Å². The van der Waals surface area contributed by atoms with Crippen LogP contribution >= 0.6 is 15.9 Å². The highest BCUT2D eigenvalue weighted by atomic mass is 79.9. The molecule has 1 aromatic carbocycles. The van der Waals surface area contributed by atoms with E-state index in [-0.39, 0.29) is 5.91 Å². The molecule has 1 N–H and O–H groups in total. The van der Waals surface area contributed by atoms with Crippen molar-refractivity contribution in [1.82, 2.24) is 10.4 Å². The lowest BCUT2D eigenvalue weighted by molar-refractivity contribution is -0.129. The van der Waals surface area contributed by atoms with Crippen molar-refractivity contribution in [3.8, 4) is 5.75 Å². The van der Waals surface area contributed by atoms with Gasteiger partial charge in [0.15, 0.2) is 0 Å². The van der Waals surface area contributed by atoms with Crippen LogP contribution in [0.15, 0.2) is 22.7 Å². The third-order valence-corrected chi connectivity index (χ3v) is 3.39. The molecule has 5 heteroatoms. The largest absolute Gasteiger partial charge is 0.496 e. The Morgan fingerprint density at radius 1 is 1.39 bits per heavy atom. The van der Waals surface area contributed by atoms with Crippen LogP contribution in [0.25, 0.3) is 0 Å². The Morgan fingerprint density at radius 2 is 2.00 bits per heavy atom. The van der Waals surface area contributed by atoms with Gasteiger partial charge in [-0.05, 0) is 47.5 Å². The van der Waals surface area contributed by atoms with Crippen LogP contribution in [-0.2, 0) is 10.2 Å². The molecule has 0 heterocycles. The van der Waals surface area contributed by atoms with Crippen LogP contribution in [0.1, 0.15) is 19.4 Å². The minimum Gasteiger partial charge on any atom is -0.496 e. The van der Waals surface area contributed by atoms with Gasteiger partial charge in [-0.3, -0.25) is 10.2 Å². The molecule has 1 rings (SSSR count). The second-order valence-corrected chi connectivity index (χ2v) is 5.66. The first-order chi connectivity index (χ1) is 8.28. The summed E-state index contributed by atoms with van der Waals surface area (Å²) in [4.78, 5) is 12.1. The molecule has 0 saturated carbocycles. The van der Waals surface area contributed by atoms with Gasteiger partial charge >= 0.3 is 0 Å². The molecule has 0 bridgehead atoms. The van der Waals surface area contributed by atoms with Crippen molar-refractivity contribution >= 4 is 21.8 Å². The van der Waals surface area contributed by atoms with E-state index in [0.717, 1.165) is 15.8 Å². The Morgan fingerprint density at radius 3 is 2.44 bits per heavy atom. The highest BCUT2D eigenvalue weighted by Crippen LogP contribution is 2.31. The van der Waals surface area contributed by atoms with Crippen LogP contribution in [0.3, 0.4) is 0 Å². The summed E-state index contributed by atoms with van der Waals surface area (Å²) in [6.45, 7) is 3.78. The van der Waals surface area contributed by atoms with Crippen molar-refractivity contribution in [2.45, 2.75) is 19.3 Å². The van der Waals surface area contributed by atoms with Crippen molar-refractivity contribution in [3.63, 3.8) is 0 Å². The first-order valence-electron chi connectivity index (χ1n) is 5.61. The molecule has 18 heavy (non-hydrogen) atoms. The summed E-state index contributed by atoms with van der Waals surface area (Å²) in [5, 5.41) is 1.64. The molecular formula is C13H19BrN2O2. The number of carbonyl (C=O) groups is 1. The fourth-order valence-electron chi connectivity index (χ4n) is 1.53. The van der Waals surface area contributed by atoms with Gasteiger partial charge in [0.25, 0.3) is 0 Å². The molecular weight excluding hydrogens is 296 g/mol. The molecule has 1 aromatic rings. The SMILES string of the molecule is COc1ccc(C(C)(C)C(=O)NN(C)C)cc1Br. The zero-order chi connectivity index (χ0) is 13.9. The summed E-state index contributed by atoms with van der Waals surface area (Å²) in [5.74, 6) is 0.701. The zero-order valence-corrected chi connectivity index (χ0v) is 13.0. The molecule has 100 valence electrons. The van der Waals surface area contributed by atoms with Crippen molar-refractivity contribution in [3.05, 3.63) is 28.2 Å². The van der Waals surface area contributed by atoms with Gasteiger partial charge in [0.2, 0.25) is 5.91 Å². The number of rotatable bonds is 4. The lowest BCUT2D eigenvalue weighted by atomic mass is 9.84. The maximum Gasteiger partial charge on any atom is 0.244 e. The molecule has 4 nitrogen and oxygen atoms in total. The van der Waals surface area contributed by atoms with Gasteiger partial charge in [-0.25, -0.2) is 5.01 Å². The Bertz CT molecular complexity index is 445. The number of methoxy groups -OCH3 is 1. The second kappa shape index (κ2) is 5.71. The van der Waals surface area contributed by atoms with Crippen molar-refractivity contribution < 1.29 is 9.53 Å². The van der Waals surface area contributed by atoms with E-state index in [1.165, 1.54) is 0 Å². The maximum atomic E-state index is 12.1. The van der Waals surface area contributed by atoms with Crippen molar-refractivity contribution in [2.75, 3.05) is 21.2 Å². The van der Waals surface area contributed by atoms with Crippen LogP contribution < -0.4 is 10.2 Å². The van der Waals surface area contributed by atoms with E-state index in [4.69, 9.17) is 4.74 Å². The number of ether oxygens (including phenoxy) is 1. The zero-order valence-electron chi connectivity index (χ0n) is 11.4. The predicted molar refractivity (Wildman–Crippen MR) is 75.5 cm³/mol. The summed E-state index contributed by atoms with van der Waals surface area (Å²) in [6, 6.07) is 5.66. The van der Waals surface area contributed by atoms with Gasteiger partial charge in [-0.2, -0.15) is 0 Å². The molecule has 0 atom stereocenters. The van der Waals surface area contributed by atoms with Gasteiger partial charge in [0.05, 0.1) is 17.0 Å². The van der Waals surface area contributed by atoms with Crippen LogP contribution in [0.4, 0.5) is 0 Å². The molecule has 0 aliphatic carbocycles. The van der Waals surface area contributed by atoms with Crippen LogP contribution in [0.5, 0.6) is 5.75 Å². The third kappa shape index (κ3) is 3.23. The van der Waals surface area contributed by atoms with Gasteiger partial charge in [-0.15, -0.1) is 0 Å². The summed E-state index contributed by atoms with van der Waals surface area (Å²) in [7, 11) is 5.19. The van der Waals surface area contributed by atoms with Gasteiger partial charge in [0.1, 0.15) is 5.75 Å². The fourth-order valence-corrected chi connectivity index (χ4v) is 2.07. The molecule has 1 amide bonds. The number of halogens is 1. The van der Waals surface area contributed by atoms with Crippen molar-refractivity contribution in [1.29, 1.82) is 0 Å². The third-order valence-electron chi connectivity index (χ3n) is 2.77. The molecule has 0 aromatic heterocycles. The highest BCUT2D eigenvalue weighted by molar-refractivity contribution is 9.10. The lowest BCUT2D eigenvalue weighted by Gasteiger charge is -2.26. The van der Waals surface area contributed by atoms with Gasteiger partial charge < -0.3 is 4.74 Å². The van der Waals surface area contributed by atoms with E-state index in [9.17, 15) is 4.79 Å². The maximum absolute atomic E-state index is 12.1.